The highest BCUT2D eigenvalue weighted by Gasteiger charge is 2.47. The van der Waals surface area contributed by atoms with Crippen LogP contribution >= 0.6 is 12.4 Å². The van der Waals surface area contributed by atoms with Crippen molar-refractivity contribution in [3.63, 3.8) is 0 Å². The molecule has 1 spiro atoms. The van der Waals surface area contributed by atoms with Gasteiger partial charge in [0.25, 0.3) is 0 Å². The third kappa shape index (κ3) is 1.87. The molecule has 2 N–H and O–H groups in total. The number of amides is 1. The molecule has 1 aromatic rings. The monoisotopic (exact) mass is 278 g/mol. The number of halogens is 1. The van der Waals surface area contributed by atoms with Crippen LogP contribution in [0.4, 0.5) is 5.69 Å². The van der Waals surface area contributed by atoms with E-state index in [1.54, 1.807) is 0 Å². The molecule has 0 bridgehead atoms. The average molecular weight is 279 g/mol. The van der Waals surface area contributed by atoms with Crippen LogP contribution in [0, 0.1) is 0 Å². The molecule has 4 heteroatoms. The maximum absolute atomic E-state index is 12.4. The van der Waals surface area contributed by atoms with Gasteiger partial charge in [-0.25, -0.2) is 0 Å². The summed E-state index contributed by atoms with van der Waals surface area (Å²) in [5.74, 6) is 0.969. The molecule has 102 valence electrons. The molecule has 1 aliphatic carbocycles. The lowest BCUT2D eigenvalue weighted by Gasteiger charge is -2.32. The summed E-state index contributed by atoms with van der Waals surface area (Å²) in [6.45, 7) is 1.89. The van der Waals surface area contributed by atoms with Crippen LogP contribution in [0.3, 0.4) is 0 Å². The number of nitrogens with one attached hydrogen (secondary N) is 2. The van der Waals surface area contributed by atoms with E-state index in [0.717, 1.165) is 37.5 Å². The van der Waals surface area contributed by atoms with Gasteiger partial charge in [-0.1, -0.05) is 12.1 Å². The van der Waals surface area contributed by atoms with Crippen molar-refractivity contribution in [2.24, 2.45) is 0 Å². The zero-order valence-corrected chi connectivity index (χ0v) is 11.7. The highest BCUT2D eigenvalue weighted by atomic mass is 35.5. The quantitative estimate of drug-likeness (QED) is 0.829. The zero-order chi connectivity index (χ0) is 12.2. The molecular formula is C15H19ClN2O. The van der Waals surface area contributed by atoms with Crippen LogP contribution in [-0.4, -0.2) is 19.0 Å². The fourth-order valence-electron chi connectivity index (χ4n) is 3.45. The Hall–Kier alpha value is -1.06. The number of hydrogen-bond acceptors (Lipinski definition) is 2. The number of anilines is 1. The summed E-state index contributed by atoms with van der Waals surface area (Å²) in [5.41, 5.74) is 3.50. The van der Waals surface area contributed by atoms with Gasteiger partial charge in [-0.3, -0.25) is 4.79 Å². The van der Waals surface area contributed by atoms with E-state index in [1.807, 2.05) is 0 Å². The fraction of sp³-hybridized carbons (Fsp3) is 0.533. The van der Waals surface area contributed by atoms with Crippen molar-refractivity contribution in [1.82, 2.24) is 5.32 Å². The van der Waals surface area contributed by atoms with Gasteiger partial charge in [-0.05, 0) is 61.9 Å². The number of piperidine rings is 1. The molecule has 1 saturated heterocycles. The molecule has 0 unspecified atom stereocenters. The van der Waals surface area contributed by atoms with E-state index in [4.69, 9.17) is 0 Å². The molecular weight excluding hydrogens is 260 g/mol. The molecule has 1 amide bonds. The van der Waals surface area contributed by atoms with E-state index in [1.165, 1.54) is 24.0 Å². The van der Waals surface area contributed by atoms with Crippen LogP contribution in [0.25, 0.3) is 0 Å². The van der Waals surface area contributed by atoms with Gasteiger partial charge in [0.2, 0.25) is 5.91 Å². The van der Waals surface area contributed by atoms with Crippen LogP contribution in [-0.2, 0) is 10.2 Å². The van der Waals surface area contributed by atoms with Crippen molar-refractivity contribution in [3.8, 4) is 0 Å². The van der Waals surface area contributed by atoms with Gasteiger partial charge in [-0.2, -0.15) is 0 Å². The standard InChI is InChI=1S/C15H18N2O.ClH/c18-14-15(5-7-16-8-6-15)12-9-11(10-1-2-10)3-4-13(12)17-14;/h3-4,9-10,16H,1-2,5-8H2,(H,17,18);1H. The second-order valence-corrected chi connectivity index (χ2v) is 5.87. The third-order valence-corrected chi connectivity index (χ3v) is 4.75. The van der Waals surface area contributed by atoms with Crippen molar-refractivity contribution in [3.05, 3.63) is 29.3 Å². The van der Waals surface area contributed by atoms with Crippen LogP contribution in [0.5, 0.6) is 0 Å². The number of carbonyl (C=O) groups is 1. The van der Waals surface area contributed by atoms with Gasteiger partial charge < -0.3 is 10.6 Å². The first kappa shape index (κ1) is 12.9. The second kappa shape index (κ2) is 4.50. The second-order valence-electron chi connectivity index (χ2n) is 5.87. The predicted octanol–water partition coefficient (Wildman–Crippen LogP) is 2.56. The molecule has 2 heterocycles. The SMILES string of the molecule is Cl.O=C1Nc2ccc(C3CC3)cc2C12CCNCC2. The maximum atomic E-state index is 12.4. The first-order chi connectivity index (χ1) is 8.79. The van der Waals surface area contributed by atoms with E-state index in [0.29, 0.717) is 0 Å². The molecule has 4 rings (SSSR count). The summed E-state index contributed by atoms with van der Waals surface area (Å²) in [7, 11) is 0. The van der Waals surface area contributed by atoms with Crippen LogP contribution in [0.15, 0.2) is 18.2 Å². The molecule has 0 aromatic heterocycles. The van der Waals surface area contributed by atoms with Gasteiger partial charge in [0.1, 0.15) is 0 Å². The Morgan fingerprint density at radius 1 is 1.16 bits per heavy atom. The molecule has 1 aromatic carbocycles. The highest BCUT2D eigenvalue weighted by Crippen LogP contribution is 2.47. The highest BCUT2D eigenvalue weighted by molar-refractivity contribution is 6.06. The van der Waals surface area contributed by atoms with E-state index in [9.17, 15) is 4.79 Å². The summed E-state index contributed by atoms with van der Waals surface area (Å²) >= 11 is 0. The Bertz CT molecular complexity index is 519. The van der Waals surface area contributed by atoms with Crippen LogP contribution in [0.2, 0.25) is 0 Å². The van der Waals surface area contributed by atoms with Crippen LogP contribution in [0.1, 0.15) is 42.7 Å². The smallest absolute Gasteiger partial charge is 0.235 e. The summed E-state index contributed by atoms with van der Waals surface area (Å²) in [6, 6.07) is 6.60. The Kier molecular flexibility index (Phi) is 3.06. The summed E-state index contributed by atoms with van der Waals surface area (Å²) in [4.78, 5) is 12.4. The maximum Gasteiger partial charge on any atom is 0.235 e. The summed E-state index contributed by atoms with van der Waals surface area (Å²) < 4.78 is 0. The van der Waals surface area contributed by atoms with Crippen molar-refractivity contribution < 1.29 is 4.79 Å². The lowest BCUT2D eigenvalue weighted by atomic mass is 9.73. The van der Waals surface area contributed by atoms with Crippen molar-refractivity contribution in [2.75, 3.05) is 18.4 Å². The third-order valence-electron chi connectivity index (χ3n) is 4.75. The van der Waals surface area contributed by atoms with Gasteiger partial charge >= 0.3 is 0 Å². The molecule has 19 heavy (non-hydrogen) atoms. The van der Waals surface area contributed by atoms with Gasteiger partial charge in [0.05, 0.1) is 5.41 Å². The zero-order valence-electron chi connectivity index (χ0n) is 10.9. The van der Waals surface area contributed by atoms with Crippen molar-refractivity contribution >= 4 is 24.0 Å². The number of fused-ring (bicyclic) bond motifs is 2. The molecule has 1 saturated carbocycles. The largest absolute Gasteiger partial charge is 0.325 e. The summed E-state index contributed by atoms with van der Waals surface area (Å²) in [5, 5.41) is 6.43. The van der Waals surface area contributed by atoms with Gasteiger partial charge in [0.15, 0.2) is 0 Å². The number of rotatable bonds is 1. The lowest BCUT2D eigenvalue weighted by Crippen LogP contribution is -2.44. The molecule has 3 nitrogen and oxygen atoms in total. The van der Waals surface area contributed by atoms with E-state index >= 15 is 0 Å². The Morgan fingerprint density at radius 3 is 2.58 bits per heavy atom. The Morgan fingerprint density at radius 2 is 1.89 bits per heavy atom. The minimum atomic E-state index is -0.245. The molecule has 2 aliphatic heterocycles. The predicted molar refractivity (Wildman–Crippen MR) is 78.1 cm³/mol. The minimum Gasteiger partial charge on any atom is -0.325 e. The lowest BCUT2D eigenvalue weighted by molar-refractivity contribution is -0.121. The number of hydrogen-bond donors (Lipinski definition) is 2. The van der Waals surface area contributed by atoms with E-state index in [-0.39, 0.29) is 23.7 Å². The van der Waals surface area contributed by atoms with E-state index in [2.05, 4.69) is 28.8 Å². The summed E-state index contributed by atoms with van der Waals surface area (Å²) in [6.07, 6.45) is 4.49. The average Bonchev–Trinajstić information content (AvgIpc) is 3.21. The van der Waals surface area contributed by atoms with Crippen molar-refractivity contribution in [2.45, 2.75) is 37.0 Å². The number of carbonyl (C=O) groups excluding carboxylic acids is 1. The fourth-order valence-corrected chi connectivity index (χ4v) is 3.45. The molecule has 2 fully saturated rings. The van der Waals surface area contributed by atoms with Crippen LogP contribution < -0.4 is 10.6 Å². The topological polar surface area (TPSA) is 41.1 Å². The first-order valence-corrected chi connectivity index (χ1v) is 6.96. The van der Waals surface area contributed by atoms with Crippen molar-refractivity contribution in [1.29, 1.82) is 0 Å². The first-order valence-electron chi connectivity index (χ1n) is 6.96. The molecule has 0 radical (unpaired) electrons. The number of benzene rings is 1. The Labute approximate surface area is 119 Å². The molecule has 3 aliphatic rings. The molecule has 0 atom stereocenters. The minimum absolute atomic E-state index is 0. The van der Waals surface area contributed by atoms with Gasteiger partial charge in [0, 0.05) is 5.69 Å². The normalized spacial score (nSPS) is 23.7. The Balaban J connectivity index is 0.00000110. The van der Waals surface area contributed by atoms with Gasteiger partial charge in [-0.15, -0.1) is 12.4 Å². The van der Waals surface area contributed by atoms with E-state index < -0.39 is 0 Å².